The van der Waals surface area contributed by atoms with E-state index in [4.69, 9.17) is 4.74 Å². The van der Waals surface area contributed by atoms with Crippen LogP contribution in [0.3, 0.4) is 0 Å². The Morgan fingerprint density at radius 3 is 2.70 bits per heavy atom. The van der Waals surface area contributed by atoms with Gasteiger partial charge in [-0.2, -0.15) is 0 Å². The van der Waals surface area contributed by atoms with Crippen LogP contribution in [0, 0.1) is 0 Å². The highest BCUT2D eigenvalue weighted by atomic mass is 79.9. The number of aliphatic hydroxyl groups excluding tert-OH is 1. The molecule has 2 aromatic carbocycles. The van der Waals surface area contributed by atoms with Crippen LogP contribution < -0.4 is 10.1 Å². The maximum absolute atomic E-state index is 10.2. The summed E-state index contributed by atoms with van der Waals surface area (Å²) in [6, 6.07) is 13.4. The normalized spacial score (nSPS) is 12.0. The van der Waals surface area contributed by atoms with Crippen molar-refractivity contribution in [1.82, 2.24) is 0 Å². The summed E-state index contributed by atoms with van der Waals surface area (Å²) >= 11 is 6.81. The molecule has 2 N–H and O–H groups in total. The minimum absolute atomic E-state index is 0.432. The molecular formula is C15H15Br2NO2. The molecule has 0 saturated carbocycles. The molecule has 0 aliphatic rings. The summed E-state index contributed by atoms with van der Waals surface area (Å²) in [6.07, 6.45) is -0.567. The number of halogens is 2. The molecule has 5 heteroatoms. The zero-order chi connectivity index (χ0) is 14.5. The van der Waals surface area contributed by atoms with E-state index in [1.54, 1.807) is 7.11 Å². The van der Waals surface area contributed by atoms with Crippen LogP contribution >= 0.6 is 31.9 Å². The van der Waals surface area contributed by atoms with E-state index in [2.05, 4.69) is 37.2 Å². The lowest BCUT2D eigenvalue weighted by atomic mass is 10.1. The fraction of sp³-hybridized carbons (Fsp3) is 0.200. The molecular weight excluding hydrogens is 386 g/mol. The highest BCUT2D eigenvalue weighted by Gasteiger charge is 2.08. The predicted molar refractivity (Wildman–Crippen MR) is 88.3 cm³/mol. The van der Waals surface area contributed by atoms with Crippen LogP contribution in [0.2, 0.25) is 0 Å². The number of hydrogen-bond donors (Lipinski definition) is 2. The Bertz CT molecular complexity index is 590. The van der Waals surface area contributed by atoms with Crippen molar-refractivity contribution in [1.29, 1.82) is 0 Å². The van der Waals surface area contributed by atoms with Gasteiger partial charge < -0.3 is 15.2 Å². The van der Waals surface area contributed by atoms with Gasteiger partial charge in [-0.05, 0) is 45.8 Å². The summed E-state index contributed by atoms with van der Waals surface area (Å²) in [6.45, 7) is 0.432. The molecule has 0 heterocycles. The molecule has 20 heavy (non-hydrogen) atoms. The second kappa shape index (κ2) is 7.11. The zero-order valence-electron chi connectivity index (χ0n) is 10.9. The van der Waals surface area contributed by atoms with Crippen LogP contribution in [0.5, 0.6) is 5.75 Å². The minimum Gasteiger partial charge on any atom is -0.495 e. The monoisotopic (exact) mass is 399 g/mol. The maximum atomic E-state index is 10.2. The number of hydrogen-bond acceptors (Lipinski definition) is 3. The Labute approximate surface area is 135 Å². The molecule has 0 spiro atoms. The number of benzene rings is 2. The number of ether oxygens (including phenoxy) is 1. The highest BCUT2D eigenvalue weighted by molar-refractivity contribution is 9.10. The van der Waals surface area contributed by atoms with Crippen molar-refractivity contribution in [3.05, 3.63) is 57.0 Å². The summed E-state index contributed by atoms with van der Waals surface area (Å²) in [5, 5.41) is 13.4. The lowest BCUT2D eigenvalue weighted by Crippen LogP contribution is -2.12. The van der Waals surface area contributed by atoms with Crippen LogP contribution in [0.1, 0.15) is 11.7 Å². The summed E-state index contributed by atoms with van der Waals surface area (Å²) in [5.74, 6) is 0.756. The van der Waals surface area contributed by atoms with Gasteiger partial charge in [0.05, 0.1) is 17.7 Å². The lowest BCUT2D eigenvalue weighted by Gasteiger charge is -2.14. The molecule has 0 radical (unpaired) electrons. The van der Waals surface area contributed by atoms with E-state index < -0.39 is 6.10 Å². The van der Waals surface area contributed by atoms with Crippen molar-refractivity contribution in [3.8, 4) is 5.75 Å². The second-order valence-electron chi connectivity index (χ2n) is 4.30. The molecule has 106 valence electrons. The molecule has 1 unspecified atom stereocenters. The fourth-order valence-electron chi connectivity index (χ4n) is 1.82. The Morgan fingerprint density at radius 1 is 1.20 bits per heavy atom. The van der Waals surface area contributed by atoms with E-state index in [1.807, 2.05) is 42.5 Å². The van der Waals surface area contributed by atoms with Gasteiger partial charge in [0.15, 0.2) is 0 Å². The molecule has 0 saturated heterocycles. The highest BCUT2D eigenvalue weighted by Crippen LogP contribution is 2.28. The van der Waals surface area contributed by atoms with Gasteiger partial charge >= 0.3 is 0 Å². The van der Waals surface area contributed by atoms with Crippen LogP contribution in [0.25, 0.3) is 0 Å². The smallest absolute Gasteiger partial charge is 0.135 e. The maximum Gasteiger partial charge on any atom is 0.135 e. The first kappa shape index (κ1) is 15.4. The van der Waals surface area contributed by atoms with Crippen molar-refractivity contribution in [2.45, 2.75) is 6.10 Å². The van der Waals surface area contributed by atoms with E-state index in [-0.39, 0.29) is 0 Å². The van der Waals surface area contributed by atoms with E-state index in [0.717, 1.165) is 25.9 Å². The van der Waals surface area contributed by atoms with E-state index in [1.165, 1.54) is 0 Å². The van der Waals surface area contributed by atoms with Crippen molar-refractivity contribution in [3.63, 3.8) is 0 Å². The van der Waals surface area contributed by atoms with Gasteiger partial charge in [-0.1, -0.05) is 28.1 Å². The topological polar surface area (TPSA) is 41.5 Å². The minimum atomic E-state index is -0.567. The van der Waals surface area contributed by atoms with Crippen LogP contribution in [-0.2, 0) is 0 Å². The molecule has 0 bridgehead atoms. The van der Waals surface area contributed by atoms with E-state index in [9.17, 15) is 5.11 Å². The quantitative estimate of drug-likeness (QED) is 0.783. The Balaban J connectivity index is 2.01. The third kappa shape index (κ3) is 3.98. The van der Waals surface area contributed by atoms with Crippen molar-refractivity contribution in [2.75, 3.05) is 19.0 Å². The van der Waals surface area contributed by atoms with Gasteiger partial charge in [0, 0.05) is 22.8 Å². The fourth-order valence-corrected chi connectivity index (χ4v) is 2.64. The Kier molecular flexibility index (Phi) is 5.46. The summed E-state index contributed by atoms with van der Waals surface area (Å²) in [5.41, 5.74) is 1.77. The molecule has 0 fully saturated rings. The number of methoxy groups -OCH3 is 1. The zero-order valence-corrected chi connectivity index (χ0v) is 14.1. The molecule has 0 amide bonds. The summed E-state index contributed by atoms with van der Waals surface area (Å²) in [4.78, 5) is 0. The van der Waals surface area contributed by atoms with Gasteiger partial charge in [0.2, 0.25) is 0 Å². The van der Waals surface area contributed by atoms with Crippen LogP contribution in [0.4, 0.5) is 5.69 Å². The van der Waals surface area contributed by atoms with Crippen LogP contribution in [0.15, 0.2) is 51.4 Å². The Hall–Kier alpha value is -1.04. The molecule has 2 aromatic rings. The second-order valence-corrected chi connectivity index (χ2v) is 6.07. The van der Waals surface area contributed by atoms with Crippen LogP contribution in [-0.4, -0.2) is 18.8 Å². The molecule has 2 rings (SSSR count). The first-order valence-electron chi connectivity index (χ1n) is 6.11. The SMILES string of the molecule is COc1cc(NCC(O)c2cccc(Br)c2)ccc1Br. The first-order chi connectivity index (χ1) is 9.60. The largest absolute Gasteiger partial charge is 0.495 e. The lowest BCUT2D eigenvalue weighted by molar-refractivity contribution is 0.191. The molecule has 0 aromatic heterocycles. The van der Waals surface area contributed by atoms with E-state index in [0.29, 0.717) is 6.54 Å². The van der Waals surface area contributed by atoms with Gasteiger partial charge in [-0.25, -0.2) is 0 Å². The Morgan fingerprint density at radius 2 is 2.00 bits per heavy atom. The van der Waals surface area contributed by atoms with Gasteiger partial charge in [-0.15, -0.1) is 0 Å². The standard InChI is InChI=1S/C15H15Br2NO2/c1-20-15-8-12(5-6-13(15)17)18-9-14(19)10-3-2-4-11(16)7-10/h2-8,14,18-19H,9H2,1H3. The summed E-state index contributed by atoms with van der Waals surface area (Å²) in [7, 11) is 1.63. The average molecular weight is 401 g/mol. The van der Waals surface area contributed by atoms with Crippen molar-refractivity contribution >= 4 is 37.5 Å². The van der Waals surface area contributed by atoms with Crippen molar-refractivity contribution < 1.29 is 9.84 Å². The molecule has 0 aliphatic carbocycles. The average Bonchev–Trinajstić information content (AvgIpc) is 2.46. The predicted octanol–water partition coefficient (Wildman–Crippen LogP) is 4.37. The van der Waals surface area contributed by atoms with Crippen molar-refractivity contribution in [2.24, 2.45) is 0 Å². The number of aliphatic hydroxyl groups is 1. The third-order valence-electron chi connectivity index (χ3n) is 2.88. The molecule has 0 aliphatic heterocycles. The first-order valence-corrected chi connectivity index (χ1v) is 7.69. The third-order valence-corrected chi connectivity index (χ3v) is 4.03. The van der Waals surface area contributed by atoms with Gasteiger partial charge in [0.1, 0.15) is 5.75 Å². The molecule has 3 nitrogen and oxygen atoms in total. The molecule has 1 atom stereocenters. The van der Waals surface area contributed by atoms with Gasteiger partial charge in [0.25, 0.3) is 0 Å². The number of anilines is 1. The number of nitrogens with one attached hydrogen (secondary N) is 1. The van der Waals surface area contributed by atoms with E-state index >= 15 is 0 Å². The van der Waals surface area contributed by atoms with Gasteiger partial charge in [-0.3, -0.25) is 0 Å². The number of rotatable bonds is 5. The summed E-state index contributed by atoms with van der Waals surface area (Å²) < 4.78 is 7.10.